The number of hydrogen-bond donors (Lipinski definition) is 3. The largest absolute Gasteiger partial charge is 0.462 e. The van der Waals surface area contributed by atoms with E-state index in [1.807, 2.05) is 0 Å². The van der Waals surface area contributed by atoms with Crippen molar-refractivity contribution < 1.29 is 38.3 Å². The first-order valence-corrected chi connectivity index (χ1v) is 14.6. The minimum atomic E-state index is -3.44. The van der Waals surface area contributed by atoms with E-state index in [2.05, 4.69) is 11.7 Å². The zero-order valence-electron chi connectivity index (χ0n) is 21.0. The van der Waals surface area contributed by atoms with E-state index in [1.54, 1.807) is 51.1 Å². The molecule has 2 unspecified atom stereocenters. The third-order valence-electron chi connectivity index (χ3n) is 5.65. The molecule has 3 rings (SSSR count). The van der Waals surface area contributed by atoms with Gasteiger partial charge in [-0.1, -0.05) is 18.2 Å². The Kier molecular flexibility index (Phi) is 9.58. The van der Waals surface area contributed by atoms with E-state index in [4.69, 9.17) is 41.9 Å². The summed E-state index contributed by atoms with van der Waals surface area (Å²) in [5.41, 5.74) is -1.19. The van der Waals surface area contributed by atoms with Crippen LogP contribution < -0.4 is 9.61 Å². The first kappa shape index (κ1) is 29.7. The van der Waals surface area contributed by atoms with Crippen LogP contribution in [-0.2, 0) is 35.4 Å². The molecule has 0 bridgehead atoms. The van der Waals surface area contributed by atoms with Gasteiger partial charge in [-0.15, -0.1) is 0 Å². The summed E-state index contributed by atoms with van der Waals surface area (Å²) in [7, 11) is 0. The maximum atomic E-state index is 12.5. The number of nitrogens with zero attached hydrogens (tertiary/aromatic N) is 1. The molecule has 0 saturated carbocycles. The molecule has 1 fully saturated rings. The van der Waals surface area contributed by atoms with Gasteiger partial charge in [-0.2, -0.15) is 0 Å². The Hall–Kier alpha value is -1.82. The number of nitrogens with one attached hydrogen (secondary N) is 1. The van der Waals surface area contributed by atoms with Crippen LogP contribution in [0.5, 0.6) is 5.75 Å². The summed E-state index contributed by atoms with van der Waals surface area (Å²) in [6.45, 7) is 6.39. The van der Waals surface area contributed by atoms with Crippen molar-refractivity contribution in [1.29, 1.82) is 0 Å². The second-order valence-electron chi connectivity index (χ2n) is 9.32. The molecule has 3 N–H and O–H groups in total. The molecule has 2 aliphatic rings. The maximum Gasteiger partial charge on any atom is 0.323 e. The Labute approximate surface area is 226 Å². The summed E-state index contributed by atoms with van der Waals surface area (Å²) in [5, 5.41) is 25.2. The third kappa shape index (κ3) is 7.40. The molecule has 1 aromatic carbocycles. The SMILES string of the molecule is C=C1C=CN([C@@H]2O[C@H](COP(=S)(NC(C)C(=O)OC(C)C)Oc3ccc(Cl)cc3)[C@@H](O)[C@@]2(C)O)C(=O)C1. The lowest BCUT2D eigenvalue weighted by atomic mass is 9.95. The first-order valence-electron chi connectivity index (χ1n) is 11.6. The van der Waals surface area contributed by atoms with Crippen molar-refractivity contribution >= 4 is 41.9 Å². The zero-order chi connectivity index (χ0) is 27.5. The molecule has 204 valence electrons. The smallest absolute Gasteiger partial charge is 0.323 e. The Balaban J connectivity index is 1.77. The Morgan fingerprint density at radius 2 is 2.03 bits per heavy atom. The number of carbonyl (C=O) groups is 2. The molecule has 1 aromatic rings. The Morgan fingerprint density at radius 1 is 1.38 bits per heavy atom. The van der Waals surface area contributed by atoms with E-state index in [-0.39, 0.29) is 25.0 Å². The molecule has 0 radical (unpaired) electrons. The van der Waals surface area contributed by atoms with Gasteiger partial charge in [0, 0.05) is 11.2 Å². The van der Waals surface area contributed by atoms with E-state index in [9.17, 15) is 19.8 Å². The highest BCUT2D eigenvalue weighted by Crippen LogP contribution is 2.47. The Bertz CT molecular complexity index is 1100. The van der Waals surface area contributed by atoms with Crippen molar-refractivity contribution in [2.45, 2.75) is 70.3 Å². The predicted octanol–water partition coefficient (Wildman–Crippen LogP) is 3.03. The molecule has 6 atom stereocenters. The average molecular weight is 575 g/mol. The van der Waals surface area contributed by atoms with Crippen LogP contribution in [0.4, 0.5) is 0 Å². The van der Waals surface area contributed by atoms with Crippen LogP contribution in [0.2, 0.25) is 5.02 Å². The predicted molar refractivity (Wildman–Crippen MR) is 141 cm³/mol. The number of carbonyl (C=O) groups excluding carboxylic acids is 2. The normalized spacial score (nSPS) is 28.3. The molecule has 0 spiro atoms. The number of aliphatic hydroxyl groups excluding tert-OH is 1. The number of benzene rings is 1. The van der Waals surface area contributed by atoms with Gasteiger partial charge in [0.1, 0.15) is 29.6 Å². The van der Waals surface area contributed by atoms with Gasteiger partial charge < -0.3 is 28.7 Å². The van der Waals surface area contributed by atoms with Gasteiger partial charge in [0.15, 0.2) is 6.23 Å². The highest BCUT2D eigenvalue weighted by Gasteiger charge is 2.55. The van der Waals surface area contributed by atoms with Crippen LogP contribution in [0.3, 0.4) is 0 Å². The molecular weight excluding hydrogens is 543 g/mol. The molecule has 13 heteroatoms. The minimum Gasteiger partial charge on any atom is -0.462 e. The van der Waals surface area contributed by atoms with Crippen LogP contribution in [0, 0.1) is 0 Å². The molecule has 0 aliphatic carbocycles. The minimum absolute atomic E-state index is 0.0632. The topological polar surface area (TPSA) is 127 Å². The van der Waals surface area contributed by atoms with E-state index in [0.717, 1.165) is 0 Å². The van der Waals surface area contributed by atoms with Crippen molar-refractivity contribution in [3.05, 3.63) is 53.7 Å². The van der Waals surface area contributed by atoms with Gasteiger partial charge in [0.25, 0.3) is 0 Å². The maximum absolute atomic E-state index is 12.5. The van der Waals surface area contributed by atoms with Crippen molar-refractivity contribution in [1.82, 2.24) is 9.99 Å². The molecular formula is C24H32ClN2O8PS. The fourth-order valence-corrected chi connectivity index (χ4v) is 6.26. The lowest BCUT2D eigenvalue weighted by Gasteiger charge is -2.35. The van der Waals surface area contributed by atoms with Gasteiger partial charge in [0.05, 0.1) is 19.1 Å². The number of aliphatic hydroxyl groups is 2. The summed E-state index contributed by atoms with van der Waals surface area (Å²) in [6, 6.07) is 5.52. The molecule has 2 aliphatic heterocycles. The second-order valence-corrected chi connectivity index (χ2v) is 12.9. The second kappa shape index (κ2) is 11.9. The van der Waals surface area contributed by atoms with Gasteiger partial charge in [-0.3, -0.25) is 14.5 Å². The quantitative estimate of drug-likeness (QED) is 0.283. The van der Waals surface area contributed by atoms with Crippen LogP contribution in [0.15, 0.2) is 48.7 Å². The number of hydrogen-bond acceptors (Lipinski definition) is 9. The summed E-state index contributed by atoms with van der Waals surface area (Å²) < 4.78 is 23.0. The van der Waals surface area contributed by atoms with Crippen LogP contribution in [0.25, 0.3) is 0 Å². The fourth-order valence-electron chi connectivity index (χ4n) is 3.72. The highest BCUT2D eigenvalue weighted by atomic mass is 35.5. The van der Waals surface area contributed by atoms with Crippen LogP contribution >= 0.6 is 18.2 Å². The molecule has 10 nitrogen and oxygen atoms in total. The molecule has 2 heterocycles. The molecule has 1 saturated heterocycles. The monoisotopic (exact) mass is 574 g/mol. The van der Waals surface area contributed by atoms with Gasteiger partial charge in [-0.25, -0.2) is 5.09 Å². The summed E-state index contributed by atoms with van der Waals surface area (Å²) in [5.74, 6) is -0.543. The number of allylic oxidation sites excluding steroid dienone is 1. The molecule has 1 amide bonds. The summed E-state index contributed by atoms with van der Waals surface area (Å²) in [6.07, 6.45) is -0.839. The van der Waals surface area contributed by atoms with Crippen molar-refractivity contribution in [3.63, 3.8) is 0 Å². The van der Waals surface area contributed by atoms with Gasteiger partial charge >= 0.3 is 12.6 Å². The number of amides is 1. The Morgan fingerprint density at radius 3 is 2.62 bits per heavy atom. The number of esters is 1. The summed E-state index contributed by atoms with van der Waals surface area (Å²) >= 11 is 11.6. The third-order valence-corrected chi connectivity index (χ3v) is 8.40. The van der Waals surface area contributed by atoms with E-state index >= 15 is 0 Å². The van der Waals surface area contributed by atoms with E-state index < -0.39 is 42.7 Å². The van der Waals surface area contributed by atoms with Crippen LogP contribution in [-0.4, -0.2) is 69.8 Å². The van der Waals surface area contributed by atoms with Crippen molar-refractivity contribution in [2.75, 3.05) is 6.61 Å². The fraction of sp³-hybridized carbons (Fsp3) is 0.500. The number of ether oxygens (including phenoxy) is 2. The average Bonchev–Trinajstić information content (AvgIpc) is 3.02. The van der Waals surface area contributed by atoms with Gasteiger partial charge in [-0.05, 0) is 75.4 Å². The lowest BCUT2D eigenvalue weighted by molar-refractivity contribution is -0.156. The lowest BCUT2D eigenvalue weighted by Crippen LogP contribution is -2.53. The molecule has 0 aromatic heterocycles. The summed E-state index contributed by atoms with van der Waals surface area (Å²) in [4.78, 5) is 26.1. The highest BCUT2D eigenvalue weighted by molar-refractivity contribution is 8.09. The zero-order valence-corrected chi connectivity index (χ0v) is 23.5. The first-order chi connectivity index (χ1) is 17.2. The van der Waals surface area contributed by atoms with Gasteiger partial charge in [0.2, 0.25) is 5.91 Å². The number of halogens is 1. The molecule has 37 heavy (non-hydrogen) atoms. The van der Waals surface area contributed by atoms with Crippen molar-refractivity contribution in [3.8, 4) is 5.75 Å². The van der Waals surface area contributed by atoms with E-state index in [0.29, 0.717) is 16.3 Å². The van der Waals surface area contributed by atoms with E-state index in [1.165, 1.54) is 18.0 Å². The van der Waals surface area contributed by atoms with Crippen LogP contribution in [0.1, 0.15) is 34.1 Å². The number of rotatable bonds is 10. The van der Waals surface area contributed by atoms with Crippen molar-refractivity contribution in [2.24, 2.45) is 0 Å². The standard InChI is InChI=1S/C24H32ClN2O8PS/c1-14(2)33-22(30)16(4)26-36(37,35-18-8-6-17(25)7-9-18)32-13-19-21(29)24(5,31)23(34-19)27-11-10-15(3)12-20(27)28/h6-11,14,16,19,21,23,29,31H,3,12-13H2,1-2,4-5H3,(H,26,37)/t16?,19-,21-,23-,24-,36?/m1/s1.